The summed E-state index contributed by atoms with van der Waals surface area (Å²) in [6.07, 6.45) is -0.301. The number of hydrogen-bond acceptors (Lipinski definition) is 3. The molecule has 116 valence electrons. The van der Waals surface area contributed by atoms with Crippen LogP contribution in [0.2, 0.25) is 5.02 Å². The van der Waals surface area contributed by atoms with Crippen molar-refractivity contribution >= 4 is 17.6 Å². The van der Waals surface area contributed by atoms with Crippen molar-refractivity contribution in [2.75, 3.05) is 40.0 Å². The Labute approximate surface area is 128 Å². The highest BCUT2D eigenvalue weighted by molar-refractivity contribution is 6.30. The zero-order chi connectivity index (χ0) is 15.2. The number of rotatable bonds is 4. The Morgan fingerprint density at radius 1 is 1.62 bits per heavy atom. The number of amides is 2. The normalized spacial score (nSPS) is 18.6. The lowest BCUT2D eigenvalue weighted by atomic mass is 10.1. The second-order valence-electron chi connectivity index (χ2n) is 4.70. The fourth-order valence-corrected chi connectivity index (χ4v) is 2.31. The van der Waals surface area contributed by atoms with Gasteiger partial charge in [-0.1, -0.05) is 17.7 Å². The van der Waals surface area contributed by atoms with E-state index in [1.54, 1.807) is 18.1 Å². The average Bonchev–Trinajstić information content (AvgIpc) is 2.50. The summed E-state index contributed by atoms with van der Waals surface area (Å²) in [5.74, 6) is -0.467. The Morgan fingerprint density at radius 3 is 3.14 bits per heavy atom. The number of nitrogens with zero attached hydrogens (tertiary/aromatic N) is 1. The van der Waals surface area contributed by atoms with Crippen molar-refractivity contribution in [2.24, 2.45) is 0 Å². The maximum absolute atomic E-state index is 13.2. The quantitative estimate of drug-likeness (QED) is 0.867. The number of hydrogen-bond donors (Lipinski definition) is 1. The van der Waals surface area contributed by atoms with E-state index in [0.29, 0.717) is 32.8 Å². The van der Waals surface area contributed by atoms with Crippen LogP contribution in [-0.4, -0.2) is 50.9 Å². The number of urea groups is 1. The number of ether oxygens (including phenoxy) is 2. The molecule has 0 bridgehead atoms. The largest absolute Gasteiger partial charge is 0.383 e. The summed E-state index contributed by atoms with van der Waals surface area (Å²) in [4.78, 5) is 13.7. The second-order valence-corrected chi connectivity index (χ2v) is 5.11. The molecule has 0 aromatic heterocycles. The molecule has 2 rings (SSSR count). The fourth-order valence-electron chi connectivity index (χ4n) is 2.12. The first-order valence-corrected chi connectivity index (χ1v) is 7.08. The van der Waals surface area contributed by atoms with Crippen LogP contribution in [-0.2, 0) is 9.47 Å². The van der Waals surface area contributed by atoms with Crippen LogP contribution < -0.4 is 5.32 Å². The first kappa shape index (κ1) is 16.0. The highest BCUT2D eigenvalue weighted by Gasteiger charge is 2.25. The Kier molecular flexibility index (Phi) is 5.78. The molecule has 21 heavy (non-hydrogen) atoms. The minimum absolute atomic E-state index is 0.0535. The first-order chi connectivity index (χ1) is 10.1. The molecule has 1 aliphatic heterocycles. The molecule has 1 atom stereocenters. The molecule has 1 heterocycles. The van der Waals surface area contributed by atoms with Gasteiger partial charge in [0, 0.05) is 20.2 Å². The molecule has 1 unspecified atom stereocenters. The van der Waals surface area contributed by atoms with E-state index in [9.17, 15) is 9.18 Å². The molecule has 7 heteroatoms. The topological polar surface area (TPSA) is 50.8 Å². The number of morpholine rings is 1. The third-order valence-electron chi connectivity index (χ3n) is 3.25. The van der Waals surface area contributed by atoms with Gasteiger partial charge in [0.2, 0.25) is 0 Å². The van der Waals surface area contributed by atoms with E-state index in [4.69, 9.17) is 21.1 Å². The minimum Gasteiger partial charge on any atom is -0.383 e. The van der Waals surface area contributed by atoms with Crippen molar-refractivity contribution in [3.8, 4) is 0 Å². The summed E-state index contributed by atoms with van der Waals surface area (Å²) in [7, 11) is 1.58. The van der Waals surface area contributed by atoms with Crippen LogP contribution in [0.5, 0.6) is 0 Å². The number of carbonyl (C=O) groups excluding carboxylic acids is 1. The number of nitrogens with one attached hydrogen (secondary N) is 1. The SMILES string of the molecule is COCCNC(=O)N1CCOC(c2ccc(F)c(Cl)c2)C1. The first-order valence-electron chi connectivity index (χ1n) is 6.70. The molecule has 2 amide bonds. The van der Waals surface area contributed by atoms with Crippen molar-refractivity contribution in [2.45, 2.75) is 6.10 Å². The number of carbonyl (C=O) groups is 1. The molecular weight excluding hydrogens is 299 g/mol. The zero-order valence-corrected chi connectivity index (χ0v) is 12.5. The van der Waals surface area contributed by atoms with Crippen LogP contribution >= 0.6 is 11.6 Å². The molecule has 0 saturated carbocycles. The summed E-state index contributed by atoms with van der Waals surface area (Å²) in [5.41, 5.74) is 0.760. The van der Waals surface area contributed by atoms with Crippen molar-refractivity contribution in [1.82, 2.24) is 10.2 Å². The van der Waals surface area contributed by atoms with Gasteiger partial charge in [0.1, 0.15) is 11.9 Å². The Balaban J connectivity index is 1.96. The molecule has 1 aromatic rings. The predicted octanol–water partition coefficient (Wildman–Crippen LogP) is 2.21. The average molecular weight is 317 g/mol. The number of methoxy groups -OCH3 is 1. The van der Waals surface area contributed by atoms with E-state index in [1.807, 2.05) is 0 Å². The van der Waals surface area contributed by atoms with E-state index >= 15 is 0 Å². The van der Waals surface area contributed by atoms with Crippen molar-refractivity contribution < 1.29 is 18.7 Å². The van der Waals surface area contributed by atoms with E-state index in [2.05, 4.69) is 5.32 Å². The Morgan fingerprint density at radius 2 is 2.43 bits per heavy atom. The van der Waals surface area contributed by atoms with Gasteiger partial charge in [-0.15, -0.1) is 0 Å². The van der Waals surface area contributed by atoms with E-state index in [-0.39, 0.29) is 17.2 Å². The highest BCUT2D eigenvalue weighted by atomic mass is 35.5. The summed E-state index contributed by atoms with van der Waals surface area (Å²) in [6, 6.07) is 4.30. The van der Waals surface area contributed by atoms with Crippen LogP contribution in [0.1, 0.15) is 11.7 Å². The lowest BCUT2D eigenvalue weighted by molar-refractivity contribution is -0.0155. The summed E-state index contributed by atoms with van der Waals surface area (Å²) < 4.78 is 23.7. The molecule has 0 aliphatic carbocycles. The monoisotopic (exact) mass is 316 g/mol. The van der Waals surface area contributed by atoms with Gasteiger partial charge >= 0.3 is 6.03 Å². The fraction of sp³-hybridized carbons (Fsp3) is 0.500. The van der Waals surface area contributed by atoms with Gasteiger partial charge in [0.25, 0.3) is 0 Å². The maximum Gasteiger partial charge on any atom is 0.317 e. The smallest absolute Gasteiger partial charge is 0.317 e. The minimum atomic E-state index is -0.467. The van der Waals surface area contributed by atoms with E-state index in [1.165, 1.54) is 12.1 Å². The summed E-state index contributed by atoms with van der Waals surface area (Å²) in [6.45, 7) is 2.27. The molecule has 0 radical (unpaired) electrons. The van der Waals surface area contributed by atoms with Crippen LogP contribution in [0.4, 0.5) is 9.18 Å². The molecule has 5 nitrogen and oxygen atoms in total. The lowest BCUT2D eigenvalue weighted by Gasteiger charge is -2.33. The third-order valence-corrected chi connectivity index (χ3v) is 3.54. The summed E-state index contributed by atoms with van der Waals surface area (Å²) in [5, 5.41) is 2.82. The molecule has 1 aromatic carbocycles. The van der Waals surface area contributed by atoms with Gasteiger partial charge in [-0.25, -0.2) is 9.18 Å². The van der Waals surface area contributed by atoms with E-state index < -0.39 is 5.82 Å². The van der Waals surface area contributed by atoms with Crippen LogP contribution in [0, 0.1) is 5.82 Å². The van der Waals surface area contributed by atoms with Crippen molar-refractivity contribution in [3.63, 3.8) is 0 Å². The van der Waals surface area contributed by atoms with Gasteiger partial charge in [-0.05, 0) is 17.7 Å². The van der Waals surface area contributed by atoms with Crippen molar-refractivity contribution in [1.29, 1.82) is 0 Å². The molecule has 1 saturated heterocycles. The second kappa shape index (κ2) is 7.59. The number of halogens is 2. The molecule has 0 spiro atoms. The lowest BCUT2D eigenvalue weighted by Crippen LogP contribution is -2.47. The predicted molar refractivity (Wildman–Crippen MR) is 77.0 cm³/mol. The van der Waals surface area contributed by atoms with E-state index in [0.717, 1.165) is 5.56 Å². The van der Waals surface area contributed by atoms with Gasteiger partial charge in [0.15, 0.2) is 0 Å². The highest BCUT2D eigenvalue weighted by Crippen LogP contribution is 2.26. The van der Waals surface area contributed by atoms with Crippen LogP contribution in [0.3, 0.4) is 0 Å². The molecule has 1 fully saturated rings. The molecular formula is C14H18ClFN2O3. The van der Waals surface area contributed by atoms with Crippen LogP contribution in [0.15, 0.2) is 18.2 Å². The van der Waals surface area contributed by atoms with Crippen molar-refractivity contribution in [3.05, 3.63) is 34.6 Å². The Hall–Kier alpha value is -1.37. The maximum atomic E-state index is 13.2. The van der Waals surface area contributed by atoms with Gasteiger partial charge in [-0.3, -0.25) is 0 Å². The third kappa shape index (κ3) is 4.30. The zero-order valence-electron chi connectivity index (χ0n) is 11.8. The number of benzene rings is 1. The van der Waals surface area contributed by atoms with Gasteiger partial charge < -0.3 is 19.7 Å². The van der Waals surface area contributed by atoms with Crippen LogP contribution in [0.25, 0.3) is 0 Å². The Bertz CT molecular complexity index is 501. The molecule has 1 N–H and O–H groups in total. The van der Waals surface area contributed by atoms with Gasteiger partial charge in [0.05, 0.1) is 24.8 Å². The summed E-state index contributed by atoms with van der Waals surface area (Å²) >= 11 is 5.78. The standard InChI is InChI=1S/C14H18ClFN2O3/c1-20-6-4-17-14(19)18-5-7-21-13(9-18)10-2-3-12(16)11(15)8-10/h2-3,8,13H,4-7,9H2,1H3,(H,17,19). The van der Waals surface area contributed by atoms with Gasteiger partial charge in [-0.2, -0.15) is 0 Å². The molecule has 1 aliphatic rings.